The molecule has 4 nitrogen and oxygen atoms in total. The van der Waals surface area contributed by atoms with E-state index >= 15 is 0 Å². The molecule has 1 rings (SSSR count). The minimum Gasteiger partial charge on any atom is -0.325 e. The van der Waals surface area contributed by atoms with Crippen LogP contribution in [0.3, 0.4) is 0 Å². The summed E-state index contributed by atoms with van der Waals surface area (Å²) < 4.78 is 0. The number of carbonyl (C=O) groups is 1. The maximum atomic E-state index is 11.9. The van der Waals surface area contributed by atoms with Gasteiger partial charge in [-0.3, -0.25) is 0 Å². The lowest BCUT2D eigenvalue weighted by Gasteiger charge is -2.35. The van der Waals surface area contributed by atoms with Crippen LogP contribution in [0.25, 0.3) is 0 Å². The first-order valence-corrected chi connectivity index (χ1v) is 7.41. The van der Waals surface area contributed by atoms with Gasteiger partial charge in [-0.1, -0.05) is 27.7 Å². The summed E-state index contributed by atoms with van der Waals surface area (Å²) in [6, 6.07) is 0.197. The monoisotopic (exact) mass is 259 g/mol. The van der Waals surface area contributed by atoms with Crippen LogP contribution in [0.4, 0.5) is 4.79 Å². The van der Waals surface area contributed by atoms with E-state index in [9.17, 15) is 4.79 Å². The van der Waals surface area contributed by atoms with E-state index in [-0.39, 0.29) is 6.03 Å². The minimum absolute atomic E-state index is 0.197. The molecule has 18 heavy (non-hydrogen) atoms. The maximum Gasteiger partial charge on any atom is 0.320 e. The molecule has 1 aliphatic heterocycles. The molecule has 0 spiro atoms. The van der Waals surface area contributed by atoms with Crippen molar-refractivity contribution < 1.29 is 4.79 Å². The first-order valence-electron chi connectivity index (χ1n) is 7.41. The summed E-state index contributed by atoms with van der Waals surface area (Å²) in [6.07, 6.45) is 0. The van der Waals surface area contributed by atoms with Crippen molar-refractivity contribution in [3.8, 4) is 0 Å². The fraction of sp³-hybridized carbons (Fsp3) is 0.929. The van der Waals surface area contributed by atoms with Gasteiger partial charge >= 0.3 is 6.03 Å². The molecule has 0 aromatic carbocycles. The van der Waals surface area contributed by atoms with E-state index in [1.165, 1.54) is 0 Å². The molecule has 0 aromatic heterocycles. The van der Waals surface area contributed by atoms with Crippen LogP contribution in [-0.4, -0.2) is 67.0 Å². The molecule has 0 aromatic rings. The predicted molar refractivity (Wildman–Crippen MR) is 80.1 cm³/mol. The number of amides is 2. The van der Waals surface area contributed by atoms with Gasteiger partial charge < -0.3 is 14.7 Å². The number of carbonyl (C=O) groups excluding carboxylic acids is 1. The van der Waals surface area contributed by atoms with E-state index in [1.54, 1.807) is 0 Å². The maximum absolute atomic E-state index is 11.9. The topological polar surface area (TPSA) is 26.8 Å². The van der Waals surface area contributed by atoms with Crippen LogP contribution in [0.5, 0.6) is 0 Å². The predicted octanol–water partition coefficient (Wildman–Crippen LogP) is 2.75. The van der Waals surface area contributed by atoms with Crippen LogP contribution in [0.2, 0.25) is 0 Å². The number of hydrogen-bond acceptors (Lipinski definition) is 2. The van der Waals surface area contributed by atoms with E-state index in [1.807, 2.05) is 51.3 Å². The Hall–Kier alpha value is -0.770. The van der Waals surface area contributed by atoms with Gasteiger partial charge in [0, 0.05) is 39.3 Å². The molecule has 1 aliphatic rings. The number of urea groups is 1. The van der Waals surface area contributed by atoms with Crippen molar-refractivity contribution in [2.75, 3.05) is 46.3 Å². The Kier molecular flexibility index (Phi) is 13.8. The minimum atomic E-state index is 0.197. The Balaban J connectivity index is 0. The molecule has 0 unspecified atom stereocenters. The van der Waals surface area contributed by atoms with Gasteiger partial charge in [-0.15, -0.1) is 0 Å². The van der Waals surface area contributed by atoms with Gasteiger partial charge in [0.1, 0.15) is 0 Å². The van der Waals surface area contributed by atoms with Crippen molar-refractivity contribution in [1.82, 2.24) is 14.7 Å². The van der Waals surface area contributed by atoms with Gasteiger partial charge in [0.05, 0.1) is 0 Å². The highest BCUT2D eigenvalue weighted by molar-refractivity contribution is 5.74. The molecule has 0 bridgehead atoms. The van der Waals surface area contributed by atoms with Crippen LogP contribution in [0.1, 0.15) is 41.5 Å². The Bertz CT molecular complexity index is 185. The van der Waals surface area contributed by atoms with Crippen LogP contribution >= 0.6 is 0 Å². The van der Waals surface area contributed by atoms with Crippen molar-refractivity contribution in [3.63, 3.8) is 0 Å². The smallest absolute Gasteiger partial charge is 0.320 e. The summed E-state index contributed by atoms with van der Waals surface area (Å²) in [5.41, 5.74) is 0. The Morgan fingerprint density at radius 3 is 1.67 bits per heavy atom. The van der Waals surface area contributed by atoms with Gasteiger partial charge in [0.15, 0.2) is 0 Å². The molecular weight excluding hydrogens is 226 g/mol. The molecular formula is C14H33N3O. The summed E-state index contributed by atoms with van der Waals surface area (Å²) in [6.45, 7) is 17.4. The third-order valence-corrected chi connectivity index (χ3v) is 2.81. The Labute approximate surface area is 114 Å². The van der Waals surface area contributed by atoms with Gasteiger partial charge in [-0.25, -0.2) is 4.79 Å². The van der Waals surface area contributed by atoms with Crippen molar-refractivity contribution in [2.45, 2.75) is 41.5 Å². The second-order valence-electron chi connectivity index (χ2n) is 3.75. The van der Waals surface area contributed by atoms with Crippen molar-refractivity contribution >= 4 is 6.03 Å². The lowest BCUT2D eigenvalue weighted by Crippen LogP contribution is -2.51. The highest BCUT2D eigenvalue weighted by atomic mass is 16.2. The first kappa shape index (κ1) is 19.6. The quantitative estimate of drug-likeness (QED) is 0.762. The van der Waals surface area contributed by atoms with Crippen LogP contribution in [0, 0.1) is 0 Å². The molecule has 0 atom stereocenters. The molecule has 1 saturated heterocycles. The lowest BCUT2D eigenvalue weighted by molar-refractivity contribution is 0.125. The molecule has 0 N–H and O–H groups in total. The van der Waals surface area contributed by atoms with E-state index < -0.39 is 0 Å². The standard InChI is InChI=1S/C10H21N3O.2C2H6/c1-4-12(5-2)10(14)13-8-6-11(3)7-9-13;2*1-2/h4-9H2,1-3H3;2*1-2H3. The van der Waals surface area contributed by atoms with Gasteiger partial charge in [0.2, 0.25) is 0 Å². The van der Waals surface area contributed by atoms with Crippen LogP contribution in [0.15, 0.2) is 0 Å². The summed E-state index contributed by atoms with van der Waals surface area (Å²) >= 11 is 0. The molecule has 1 heterocycles. The Morgan fingerprint density at radius 2 is 1.33 bits per heavy atom. The van der Waals surface area contributed by atoms with Gasteiger partial charge in [-0.2, -0.15) is 0 Å². The molecule has 0 aliphatic carbocycles. The zero-order valence-corrected chi connectivity index (χ0v) is 13.5. The zero-order valence-electron chi connectivity index (χ0n) is 13.5. The summed E-state index contributed by atoms with van der Waals surface area (Å²) in [5.74, 6) is 0. The van der Waals surface area contributed by atoms with E-state index in [2.05, 4.69) is 11.9 Å². The fourth-order valence-electron chi connectivity index (χ4n) is 1.69. The third kappa shape index (κ3) is 6.84. The number of rotatable bonds is 2. The van der Waals surface area contributed by atoms with Crippen molar-refractivity contribution in [1.29, 1.82) is 0 Å². The SMILES string of the molecule is CC.CC.CCN(CC)C(=O)N1CCN(C)CC1. The van der Waals surface area contributed by atoms with Gasteiger partial charge in [0.25, 0.3) is 0 Å². The molecule has 4 heteroatoms. The number of hydrogen-bond donors (Lipinski definition) is 0. The molecule has 0 saturated carbocycles. The number of nitrogens with zero attached hydrogens (tertiary/aromatic N) is 3. The fourth-order valence-corrected chi connectivity index (χ4v) is 1.69. The molecule has 2 amide bonds. The van der Waals surface area contributed by atoms with Gasteiger partial charge in [-0.05, 0) is 20.9 Å². The van der Waals surface area contributed by atoms with E-state index in [0.717, 1.165) is 39.3 Å². The van der Waals surface area contributed by atoms with Crippen molar-refractivity contribution in [2.24, 2.45) is 0 Å². The van der Waals surface area contributed by atoms with Crippen LogP contribution in [-0.2, 0) is 0 Å². The average Bonchev–Trinajstić information content (AvgIpc) is 2.45. The second kappa shape index (κ2) is 12.7. The molecule has 110 valence electrons. The average molecular weight is 259 g/mol. The summed E-state index contributed by atoms with van der Waals surface area (Å²) in [4.78, 5) is 18.0. The summed E-state index contributed by atoms with van der Waals surface area (Å²) in [5, 5.41) is 0. The highest BCUT2D eigenvalue weighted by Gasteiger charge is 2.21. The van der Waals surface area contributed by atoms with E-state index in [0.29, 0.717) is 0 Å². The molecule has 1 fully saturated rings. The molecule has 0 radical (unpaired) electrons. The van der Waals surface area contributed by atoms with Crippen molar-refractivity contribution in [3.05, 3.63) is 0 Å². The zero-order chi connectivity index (χ0) is 14.6. The lowest BCUT2D eigenvalue weighted by atomic mass is 10.3. The van der Waals surface area contributed by atoms with Crippen LogP contribution < -0.4 is 0 Å². The Morgan fingerprint density at radius 1 is 0.944 bits per heavy atom. The number of likely N-dealkylation sites (N-methyl/N-ethyl adjacent to an activating group) is 1. The number of piperazine rings is 1. The third-order valence-electron chi connectivity index (χ3n) is 2.81. The first-order chi connectivity index (χ1) is 8.69. The normalized spacial score (nSPS) is 14.9. The van der Waals surface area contributed by atoms with E-state index in [4.69, 9.17) is 0 Å². The summed E-state index contributed by atoms with van der Waals surface area (Å²) in [7, 11) is 2.10. The highest BCUT2D eigenvalue weighted by Crippen LogP contribution is 2.03. The largest absolute Gasteiger partial charge is 0.325 e. The second-order valence-corrected chi connectivity index (χ2v) is 3.75.